The molecule has 0 saturated heterocycles. The maximum absolute atomic E-state index is 5.56. The summed E-state index contributed by atoms with van der Waals surface area (Å²) in [5, 5.41) is 2.50. The molecule has 1 unspecified atom stereocenters. The smallest absolute Gasteiger partial charge is 0.184 e. The van der Waals surface area contributed by atoms with Gasteiger partial charge in [-0.15, -0.1) is 0 Å². The molecule has 17 heavy (non-hydrogen) atoms. The number of hydrogen-bond donors (Lipinski definition) is 0. The monoisotopic (exact) mass is 284 g/mol. The number of hydrogen-bond acceptors (Lipinski definition) is 5. The zero-order valence-corrected chi connectivity index (χ0v) is 12.2. The van der Waals surface area contributed by atoms with E-state index in [1.165, 1.54) is 0 Å². The van der Waals surface area contributed by atoms with Crippen LogP contribution >= 0.6 is 35.7 Å². The molecule has 0 amide bonds. The largest absolute Gasteiger partial charge is 0.318 e. The van der Waals surface area contributed by atoms with Crippen LogP contribution in [0.25, 0.3) is 11.2 Å². The molecule has 0 radical (unpaired) electrons. The maximum atomic E-state index is 5.56. The summed E-state index contributed by atoms with van der Waals surface area (Å²) in [7, 11) is 2.00. The third kappa shape index (κ3) is 1.63. The van der Waals surface area contributed by atoms with Gasteiger partial charge in [0, 0.05) is 18.8 Å². The third-order valence-electron chi connectivity index (χ3n) is 2.84. The Labute approximate surface area is 113 Å². The summed E-state index contributed by atoms with van der Waals surface area (Å²) in [4.78, 5) is 9.13. The van der Waals surface area contributed by atoms with E-state index in [0.717, 1.165) is 32.7 Å². The molecule has 7 heteroatoms. The van der Waals surface area contributed by atoms with E-state index >= 15 is 0 Å². The van der Waals surface area contributed by atoms with Gasteiger partial charge in [0.15, 0.2) is 16.0 Å². The van der Waals surface area contributed by atoms with Crippen molar-refractivity contribution in [2.24, 2.45) is 7.05 Å². The van der Waals surface area contributed by atoms with Crippen LogP contribution < -0.4 is 0 Å². The van der Waals surface area contributed by atoms with Crippen LogP contribution in [0.4, 0.5) is 0 Å². The van der Waals surface area contributed by atoms with Crippen LogP contribution in [-0.2, 0) is 13.6 Å². The molecule has 2 aromatic heterocycles. The Hall–Kier alpha value is -0.530. The molecular weight excluding hydrogens is 272 g/mol. The van der Waals surface area contributed by atoms with Crippen molar-refractivity contribution in [3.05, 3.63) is 4.64 Å². The average Bonchev–Trinajstić information content (AvgIpc) is 2.80. The minimum atomic E-state index is 0.543. The lowest BCUT2D eigenvalue weighted by atomic mass is 10.4. The summed E-state index contributed by atoms with van der Waals surface area (Å²) in [5.74, 6) is 0. The number of aryl methyl sites for hydroxylation is 1. The van der Waals surface area contributed by atoms with E-state index in [1.807, 2.05) is 17.9 Å². The first-order valence-corrected chi connectivity index (χ1v) is 7.81. The Balaban J connectivity index is 2.37. The molecule has 0 spiro atoms. The second-order valence-electron chi connectivity index (χ2n) is 4.07. The molecule has 1 aliphatic heterocycles. The molecule has 1 aliphatic rings. The number of nitrogens with zero attached hydrogens (tertiary/aromatic N) is 4. The molecule has 0 fully saturated rings. The fraction of sp³-hybridized carbons (Fsp3) is 0.500. The van der Waals surface area contributed by atoms with Crippen LogP contribution in [0, 0.1) is 4.64 Å². The molecule has 0 aliphatic carbocycles. The highest BCUT2D eigenvalue weighted by Gasteiger charge is 2.23. The van der Waals surface area contributed by atoms with E-state index in [0.29, 0.717) is 5.25 Å². The molecular formula is C10H12N4S3. The van der Waals surface area contributed by atoms with Gasteiger partial charge in [-0.3, -0.25) is 0 Å². The Morgan fingerprint density at radius 2 is 2.24 bits per heavy atom. The second-order valence-corrected chi connectivity index (χ2v) is 6.63. The van der Waals surface area contributed by atoms with Crippen LogP contribution in [-0.4, -0.2) is 30.6 Å². The first kappa shape index (κ1) is 11.6. The van der Waals surface area contributed by atoms with Crippen molar-refractivity contribution in [2.45, 2.75) is 29.0 Å². The fourth-order valence-electron chi connectivity index (χ4n) is 2.05. The van der Waals surface area contributed by atoms with Crippen molar-refractivity contribution in [2.75, 3.05) is 6.26 Å². The van der Waals surface area contributed by atoms with Crippen molar-refractivity contribution >= 4 is 46.9 Å². The lowest BCUT2D eigenvalue weighted by molar-refractivity contribution is 0.638. The summed E-state index contributed by atoms with van der Waals surface area (Å²) < 4.78 is 5.02. The maximum Gasteiger partial charge on any atom is 0.184 e. The van der Waals surface area contributed by atoms with Gasteiger partial charge in [0.2, 0.25) is 0 Å². The van der Waals surface area contributed by atoms with Crippen molar-refractivity contribution in [1.29, 1.82) is 0 Å². The molecule has 0 N–H and O–H groups in total. The van der Waals surface area contributed by atoms with Crippen LogP contribution in [0.2, 0.25) is 0 Å². The van der Waals surface area contributed by atoms with Gasteiger partial charge in [-0.05, 0) is 6.26 Å². The lowest BCUT2D eigenvalue weighted by Gasteiger charge is -2.04. The SMILES string of the molecule is CSc1nc2nc3n(c(=S)c2n1C)CC(C)S3. The minimum Gasteiger partial charge on any atom is -0.318 e. The van der Waals surface area contributed by atoms with E-state index in [4.69, 9.17) is 12.2 Å². The standard InChI is InChI=1S/C10H12N4S3/c1-5-4-14-8(15)6-7(12-10(14)17-5)11-9(16-3)13(6)2/h5H,4H2,1-3H3. The van der Waals surface area contributed by atoms with Crippen molar-refractivity contribution in [3.8, 4) is 0 Å². The quantitative estimate of drug-likeness (QED) is 0.457. The normalized spacial score (nSPS) is 18.9. The molecule has 4 nitrogen and oxygen atoms in total. The number of thioether (sulfide) groups is 2. The average molecular weight is 284 g/mol. The predicted molar refractivity (Wildman–Crippen MR) is 74.4 cm³/mol. The number of fused-ring (bicyclic) bond motifs is 2. The topological polar surface area (TPSA) is 35.6 Å². The van der Waals surface area contributed by atoms with Crippen LogP contribution in [0.1, 0.15) is 6.92 Å². The summed E-state index contributed by atoms with van der Waals surface area (Å²) >= 11 is 8.95. The Bertz CT molecular complexity index is 658. The minimum absolute atomic E-state index is 0.543. The van der Waals surface area contributed by atoms with Gasteiger partial charge in [-0.25, -0.2) is 9.97 Å². The van der Waals surface area contributed by atoms with Gasteiger partial charge < -0.3 is 9.13 Å². The van der Waals surface area contributed by atoms with E-state index in [1.54, 1.807) is 23.5 Å². The van der Waals surface area contributed by atoms with E-state index in [2.05, 4.69) is 21.5 Å². The highest BCUT2D eigenvalue weighted by Crippen LogP contribution is 2.33. The van der Waals surface area contributed by atoms with Crippen LogP contribution in [0.3, 0.4) is 0 Å². The number of rotatable bonds is 1. The summed E-state index contributed by atoms with van der Waals surface area (Å²) in [6, 6.07) is 0. The van der Waals surface area contributed by atoms with Crippen molar-refractivity contribution < 1.29 is 0 Å². The molecule has 2 aromatic rings. The number of imidazole rings is 1. The molecule has 90 valence electrons. The summed E-state index contributed by atoms with van der Waals surface area (Å²) in [6.07, 6.45) is 2.02. The molecule has 0 bridgehead atoms. The van der Waals surface area contributed by atoms with E-state index < -0.39 is 0 Å². The van der Waals surface area contributed by atoms with Crippen molar-refractivity contribution in [1.82, 2.24) is 19.1 Å². The highest BCUT2D eigenvalue weighted by molar-refractivity contribution is 8.00. The van der Waals surface area contributed by atoms with E-state index in [9.17, 15) is 0 Å². The van der Waals surface area contributed by atoms with E-state index in [-0.39, 0.29) is 0 Å². The van der Waals surface area contributed by atoms with Gasteiger partial charge in [0.25, 0.3) is 0 Å². The van der Waals surface area contributed by atoms with Crippen LogP contribution in [0.15, 0.2) is 10.3 Å². The first-order valence-electron chi connectivity index (χ1n) is 5.29. The second kappa shape index (κ2) is 4.00. The third-order valence-corrected chi connectivity index (χ3v) is 5.06. The zero-order chi connectivity index (χ0) is 12.2. The van der Waals surface area contributed by atoms with Crippen LogP contribution in [0.5, 0.6) is 0 Å². The molecule has 1 atom stereocenters. The Morgan fingerprint density at radius 3 is 2.94 bits per heavy atom. The molecule has 0 aromatic carbocycles. The van der Waals surface area contributed by atoms with Gasteiger partial charge in [0.05, 0.1) is 0 Å². The van der Waals surface area contributed by atoms with Gasteiger partial charge in [-0.2, -0.15) is 0 Å². The summed E-state index contributed by atoms with van der Waals surface area (Å²) in [5.41, 5.74) is 1.75. The van der Waals surface area contributed by atoms with Gasteiger partial charge in [-0.1, -0.05) is 42.7 Å². The molecule has 3 rings (SSSR count). The lowest BCUT2D eigenvalue weighted by Crippen LogP contribution is -2.05. The first-order chi connectivity index (χ1) is 8.11. The highest BCUT2D eigenvalue weighted by atomic mass is 32.2. The Kier molecular flexibility index (Phi) is 2.72. The zero-order valence-electron chi connectivity index (χ0n) is 9.80. The molecule has 0 saturated carbocycles. The van der Waals surface area contributed by atoms with Crippen molar-refractivity contribution in [3.63, 3.8) is 0 Å². The predicted octanol–water partition coefficient (Wildman–Crippen LogP) is 2.72. The summed E-state index contributed by atoms with van der Waals surface area (Å²) in [6.45, 7) is 3.14. The number of aromatic nitrogens is 4. The Morgan fingerprint density at radius 1 is 1.47 bits per heavy atom. The van der Waals surface area contributed by atoms with Gasteiger partial charge in [0.1, 0.15) is 10.2 Å². The fourth-order valence-corrected chi connectivity index (χ4v) is 4.06. The molecule has 3 heterocycles. The van der Waals surface area contributed by atoms with Gasteiger partial charge >= 0.3 is 0 Å².